The van der Waals surface area contributed by atoms with Crippen LogP contribution < -0.4 is 0 Å². The molecule has 0 radical (unpaired) electrons. The van der Waals surface area contributed by atoms with Crippen LogP contribution in [0.4, 0.5) is 0 Å². The molecule has 0 aromatic carbocycles. The minimum atomic E-state index is -0.925. The molecule has 0 aromatic rings. The monoisotopic (exact) mass is 173 g/mol. The molecule has 4 nitrogen and oxygen atoms in total. The van der Waals surface area contributed by atoms with Crippen molar-refractivity contribution in [3.05, 3.63) is 12.2 Å². The largest absolute Gasteiger partial charge is 0.478 e. The molecule has 0 heterocycles. The highest BCUT2D eigenvalue weighted by Crippen LogP contribution is 1.86. The van der Waals surface area contributed by atoms with E-state index < -0.39 is 5.97 Å². The van der Waals surface area contributed by atoms with E-state index in [1.807, 2.05) is 11.9 Å². The van der Waals surface area contributed by atoms with E-state index in [4.69, 9.17) is 10.2 Å². The van der Waals surface area contributed by atoms with Crippen LogP contribution in [0.3, 0.4) is 0 Å². The Kier molecular flexibility index (Phi) is 6.32. The van der Waals surface area contributed by atoms with Crippen LogP contribution in [0.25, 0.3) is 0 Å². The number of aliphatic carboxylic acids is 1. The van der Waals surface area contributed by atoms with Crippen molar-refractivity contribution >= 4 is 5.97 Å². The molecule has 0 spiro atoms. The van der Waals surface area contributed by atoms with Crippen molar-refractivity contribution in [1.82, 2.24) is 4.90 Å². The lowest BCUT2D eigenvalue weighted by Crippen LogP contribution is -2.20. The molecule has 0 aromatic heterocycles. The van der Waals surface area contributed by atoms with Crippen molar-refractivity contribution in [1.29, 1.82) is 0 Å². The SMILES string of the molecule is CN(CC=CC(=O)O)CCCO. The summed E-state index contributed by atoms with van der Waals surface area (Å²) < 4.78 is 0. The number of hydrogen-bond acceptors (Lipinski definition) is 3. The molecule has 0 bridgehead atoms. The number of nitrogens with zero attached hydrogens (tertiary/aromatic N) is 1. The molecule has 0 fully saturated rings. The van der Waals surface area contributed by atoms with Gasteiger partial charge >= 0.3 is 5.97 Å². The van der Waals surface area contributed by atoms with Gasteiger partial charge in [-0.25, -0.2) is 4.79 Å². The fraction of sp³-hybridized carbons (Fsp3) is 0.625. The van der Waals surface area contributed by atoms with E-state index in [-0.39, 0.29) is 6.61 Å². The van der Waals surface area contributed by atoms with E-state index in [0.717, 1.165) is 19.0 Å². The summed E-state index contributed by atoms with van der Waals surface area (Å²) in [5, 5.41) is 16.7. The number of aliphatic hydroxyl groups excluding tert-OH is 1. The average Bonchev–Trinajstić information content (AvgIpc) is 2.00. The van der Waals surface area contributed by atoms with Crippen molar-refractivity contribution in [3.63, 3.8) is 0 Å². The molecule has 12 heavy (non-hydrogen) atoms. The van der Waals surface area contributed by atoms with Crippen LogP contribution >= 0.6 is 0 Å². The minimum Gasteiger partial charge on any atom is -0.478 e. The summed E-state index contributed by atoms with van der Waals surface area (Å²) >= 11 is 0. The first-order chi connectivity index (χ1) is 5.66. The Balaban J connectivity index is 3.42. The summed E-state index contributed by atoms with van der Waals surface area (Å²) in [5.74, 6) is -0.925. The molecule has 0 aliphatic rings. The summed E-state index contributed by atoms with van der Waals surface area (Å²) in [6.07, 6.45) is 3.42. The van der Waals surface area contributed by atoms with Crippen LogP contribution in [0.1, 0.15) is 6.42 Å². The second kappa shape index (κ2) is 6.82. The van der Waals surface area contributed by atoms with Gasteiger partial charge in [-0.2, -0.15) is 0 Å². The van der Waals surface area contributed by atoms with Crippen molar-refractivity contribution in [3.8, 4) is 0 Å². The molecule has 70 valence electrons. The quantitative estimate of drug-likeness (QED) is 0.552. The van der Waals surface area contributed by atoms with Crippen LogP contribution in [0.2, 0.25) is 0 Å². The van der Waals surface area contributed by atoms with Gasteiger partial charge in [0, 0.05) is 25.8 Å². The predicted molar refractivity (Wildman–Crippen MR) is 46.0 cm³/mol. The maximum Gasteiger partial charge on any atom is 0.328 e. The van der Waals surface area contributed by atoms with Crippen LogP contribution in [-0.2, 0) is 4.79 Å². The highest BCUT2D eigenvalue weighted by molar-refractivity contribution is 5.79. The normalized spacial score (nSPS) is 11.2. The highest BCUT2D eigenvalue weighted by Gasteiger charge is 1.93. The zero-order valence-electron chi connectivity index (χ0n) is 7.23. The van der Waals surface area contributed by atoms with Gasteiger partial charge in [-0.1, -0.05) is 6.08 Å². The third kappa shape index (κ3) is 7.24. The van der Waals surface area contributed by atoms with Crippen molar-refractivity contribution in [2.24, 2.45) is 0 Å². The summed E-state index contributed by atoms with van der Waals surface area (Å²) in [5.41, 5.74) is 0. The number of carboxylic acid groups (broad SMARTS) is 1. The Hall–Kier alpha value is -0.870. The first-order valence-corrected chi connectivity index (χ1v) is 3.85. The van der Waals surface area contributed by atoms with Gasteiger partial charge in [0.25, 0.3) is 0 Å². The molecule has 0 aliphatic heterocycles. The summed E-state index contributed by atoms with van der Waals surface area (Å²) in [6.45, 7) is 1.56. The zero-order valence-corrected chi connectivity index (χ0v) is 7.23. The van der Waals surface area contributed by atoms with Gasteiger partial charge in [0.2, 0.25) is 0 Å². The minimum absolute atomic E-state index is 0.174. The van der Waals surface area contributed by atoms with Crippen molar-refractivity contribution in [2.45, 2.75) is 6.42 Å². The van der Waals surface area contributed by atoms with Crippen LogP contribution in [-0.4, -0.2) is 47.8 Å². The first kappa shape index (κ1) is 11.1. The van der Waals surface area contributed by atoms with Crippen molar-refractivity contribution in [2.75, 3.05) is 26.7 Å². The standard InChI is InChI=1S/C8H15NO3/c1-9(6-3-7-10)5-2-4-8(11)12/h2,4,10H,3,5-7H2,1H3,(H,11,12). The van der Waals surface area contributed by atoms with Crippen LogP contribution in [0, 0.1) is 0 Å². The Morgan fingerprint density at radius 1 is 1.58 bits per heavy atom. The van der Waals surface area contributed by atoms with E-state index >= 15 is 0 Å². The van der Waals surface area contributed by atoms with E-state index in [0.29, 0.717) is 6.54 Å². The molecule has 0 unspecified atom stereocenters. The Labute approximate surface area is 72.1 Å². The summed E-state index contributed by atoms with van der Waals surface area (Å²) in [4.78, 5) is 12.0. The molecule has 0 aliphatic carbocycles. The lowest BCUT2D eigenvalue weighted by atomic mass is 10.4. The van der Waals surface area contributed by atoms with Crippen LogP contribution in [0.5, 0.6) is 0 Å². The number of hydrogen-bond donors (Lipinski definition) is 2. The summed E-state index contributed by atoms with van der Waals surface area (Å²) in [6, 6.07) is 0. The topological polar surface area (TPSA) is 60.8 Å². The molecule has 4 heteroatoms. The first-order valence-electron chi connectivity index (χ1n) is 3.85. The van der Waals surface area contributed by atoms with Gasteiger partial charge in [0.05, 0.1) is 0 Å². The van der Waals surface area contributed by atoms with Gasteiger partial charge in [-0.05, 0) is 13.5 Å². The van der Waals surface area contributed by atoms with Gasteiger partial charge in [-0.15, -0.1) is 0 Å². The summed E-state index contributed by atoms with van der Waals surface area (Å²) in [7, 11) is 1.88. The lowest BCUT2D eigenvalue weighted by Gasteiger charge is -2.12. The maximum atomic E-state index is 10.0. The number of aliphatic hydroxyl groups is 1. The molecule has 0 amide bonds. The number of likely N-dealkylation sites (N-methyl/N-ethyl adjacent to an activating group) is 1. The van der Waals surface area contributed by atoms with Crippen LogP contribution in [0.15, 0.2) is 12.2 Å². The fourth-order valence-corrected chi connectivity index (χ4v) is 0.765. The van der Waals surface area contributed by atoms with E-state index in [9.17, 15) is 4.79 Å². The molecular formula is C8H15NO3. The van der Waals surface area contributed by atoms with Gasteiger partial charge in [-0.3, -0.25) is 0 Å². The number of carboxylic acids is 1. The van der Waals surface area contributed by atoms with Gasteiger partial charge in [0.1, 0.15) is 0 Å². The molecule has 0 rings (SSSR count). The fourth-order valence-electron chi connectivity index (χ4n) is 0.765. The van der Waals surface area contributed by atoms with E-state index in [1.165, 1.54) is 0 Å². The van der Waals surface area contributed by atoms with Gasteiger partial charge in [0.15, 0.2) is 0 Å². The Bertz CT molecular complexity index is 156. The molecule has 0 saturated heterocycles. The lowest BCUT2D eigenvalue weighted by molar-refractivity contribution is -0.131. The molecule has 0 atom stereocenters. The zero-order chi connectivity index (χ0) is 9.40. The molecule has 2 N–H and O–H groups in total. The number of rotatable bonds is 6. The van der Waals surface area contributed by atoms with Crippen molar-refractivity contribution < 1.29 is 15.0 Å². The third-order valence-electron chi connectivity index (χ3n) is 1.38. The maximum absolute atomic E-state index is 10.0. The Morgan fingerprint density at radius 3 is 2.75 bits per heavy atom. The smallest absolute Gasteiger partial charge is 0.328 e. The van der Waals surface area contributed by atoms with E-state index in [2.05, 4.69) is 0 Å². The molecule has 0 saturated carbocycles. The van der Waals surface area contributed by atoms with E-state index in [1.54, 1.807) is 6.08 Å². The second-order valence-corrected chi connectivity index (χ2v) is 2.58. The predicted octanol–water partition coefficient (Wildman–Crippen LogP) is -0.0586. The third-order valence-corrected chi connectivity index (χ3v) is 1.38. The Morgan fingerprint density at radius 2 is 2.25 bits per heavy atom. The number of carbonyl (C=O) groups is 1. The molecular weight excluding hydrogens is 158 g/mol. The van der Waals surface area contributed by atoms with Gasteiger partial charge < -0.3 is 15.1 Å². The highest BCUT2D eigenvalue weighted by atomic mass is 16.4. The second-order valence-electron chi connectivity index (χ2n) is 2.58. The average molecular weight is 173 g/mol.